The molecule has 36 heavy (non-hydrogen) atoms. The third-order valence-corrected chi connectivity index (χ3v) is 7.92. The van der Waals surface area contributed by atoms with Crippen molar-refractivity contribution in [1.29, 1.82) is 0 Å². The van der Waals surface area contributed by atoms with E-state index >= 15 is 0 Å². The molecular weight excluding hydrogens is 510 g/mol. The molecule has 0 spiro atoms. The molecule has 0 fully saturated rings. The second kappa shape index (κ2) is 10.3. The van der Waals surface area contributed by atoms with Crippen LogP contribution in [-0.4, -0.2) is 21.2 Å². The maximum absolute atomic E-state index is 14.0. The van der Waals surface area contributed by atoms with Crippen molar-refractivity contribution in [2.75, 3.05) is 11.1 Å². The molecule has 2 heterocycles. The van der Waals surface area contributed by atoms with Gasteiger partial charge in [-0.15, -0.1) is 11.3 Å². The maximum atomic E-state index is 14.0. The molecule has 0 aliphatic carbocycles. The highest BCUT2D eigenvalue weighted by atomic mass is 35.5. The van der Waals surface area contributed by atoms with Gasteiger partial charge in [-0.1, -0.05) is 71.9 Å². The van der Waals surface area contributed by atoms with Crippen LogP contribution in [0.2, 0.25) is 5.02 Å². The minimum atomic E-state index is -0.188. The van der Waals surface area contributed by atoms with Crippen LogP contribution in [0.3, 0.4) is 0 Å². The number of carbonyl (C=O) groups is 1. The van der Waals surface area contributed by atoms with Gasteiger partial charge in [-0.05, 0) is 55.3 Å². The lowest BCUT2D eigenvalue weighted by atomic mass is 10.0. The average Bonchev–Trinajstić information content (AvgIpc) is 3.21. The highest BCUT2D eigenvalue weighted by molar-refractivity contribution is 7.99. The lowest BCUT2D eigenvalue weighted by Crippen LogP contribution is -2.22. The summed E-state index contributed by atoms with van der Waals surface area (Å²) in [6, 6.07) is 24.6. The van der Waals surface area contributed by atoms with Crippen LogP contribution in [0.15, 0.2) is 88.8 Å². The van der Waals surface area contributed by atoms with Gasteiger partial charge in [0, 0.05) is 21.2 Å². The summed E-state index contributed by atoms with van der Waals surface area (Å²) in [5.41, 5.74) is 4.03. The molecule has 0 saturated heterocycles. The topological polar surface area (TPSA) is 64.0 Å². The van der Waals surface area contributed by atoms with E-state index in [1.54, 1.807) is 22.8 Å². The zero-order valence-corrected chi connectivity index (χ0v) is 22.0. The molecule has 5 aromatic rings. The Morgan fingerprint density at radius 2 is 1.72 bits per heavy atom. The van der Waals surface area contributed by atoms with Gasteiger partial charge in [0.25, 0.3) is 5.56 Å². The summed E-state index contributed by atoms with van der Waals surface area (Å²) in [7, 11) is 0. The minimum Gasteiger partial charge on any atom is -0.325 e. The Balaban J connectivity index is 1.55. The number of aryl methyl sites for hydroxylation is 2. The number of benzene rings is 3. The van der Waals surface area contributed by atoms with Gasteiger partial charge in [-0.2, -0.15) is 0 Å². The Hall–Kier alpha value is -3.39. The van der Waals surface area contributed by atoms with Crippen LogP contribution in [-0.2, 0) is 4.79 Å². The number of hydrogen-bond donors (Lipinski definition) is 1. The van der Waals surface area contributed by atoms with E-state index in [9.17, 15) is 9.59 Å². The number of thioether (sulfide) groups is 1. The molecule has 2 aromatic heterocycles. The van der Waals surface area contributed by atoms with Crippen molar-refractivity contribution in [1.82, 2.24) is 9.55 Å². The Morgan fingerprint density at radius 1 is 1.03 bits per heavy atom. The number of fused-ring (bicyclic) bond motifs is 1. The summed E-state index contributed by atoms with van der Waals surface area (Å²) in [5, 5.41) is 4.61. The molecule has 0 bridgehead atoms. The molecule has 0 radical (unpaired) electrons. The monoisotopic (exact) mass is 531 g/mol. The van der Waals surface area contributed by atoms with Crippen LogP contribution in [0.1, 0.15) is 10.4 Å². The lowest BCUT2D eigenvalue weighted by Gasteiger charge is -2.13. The van der Waals surface area contributed by atoms with Gasteiger partial charge in [0.2, 0.25) is 5.91 Å². The molecule has 0 atom stereocenters. The van der Waals surface area contributed by atoms with Crippen LogP contribution < -0.4 is 10.9 Å². The molecule has 0 unspecified atom stereocenters. The van der Waals surface area contributed by atoms with E-state index in [-0.39, 0.29) is 17.2 Å². The summed E-state index contributed by atoms with van der Waals surface area (Å²) in [5.74, 6) is -0.0883. The van der Waals surface area contributed by atoms with E-state index in [0.29, 0.717) is 31.8 Å². The van der Waals surface area contributed by atoms with Crippen molar-refractivity contribution in [3.05, 3.63) is 105 Å². The van der Waals surface area contributed by atoms with Crippen LogP contribution in [0.4, 0.5) is 5.69 Å². The van der Waals surface area contributed by atoms with Gasteiger partial charge >= 0.3 is 0 Å². The first kappa shape index (κ1) is 24.3. The number of nitrogens with one attached hydrogen (secondary N) is 1. The fraction of sp³-hybridized carbons (Fsp3) is 0.107. The third kappa shape index (κ3) is 4.82. The van der Waals surface area contributed by atoms with E-state index in [0.717, 1.165) is 21.6 Å². The van der Waals surface area contributed by atoms with Gasteiger partial charge < -0.3 is 5.32 Å². The van der Waals surface area contributed by atoms with Crippen molar-refractivity contribution < 1.29 is 4.79 Å². The number of anilines is 1. The number of nitrogens with zero attached hydrogens (tertiary/aromatic N) is 2. The molecule has 3 aromatic carbocycles. The van der Waals surface area contributed by atoms with E-state index < -0.39 is 0 Å². The normalized spacial score (nSPS) is 11.1. The smallest absolute Gasteiger partial charge is 0.268 e. The zero-order valence-electron chi connectivity index (χ0n) is 19.6. The average molecular weight is 532 g/mol. The summed E-state index contributed by atoms with van der Waals surface area (Å²) in [4.78, 5) is 33.3. The summed E-state index contributed by atoms with van der Waals surface area (Å²) in [6.45, 7) is 3.90. The molecule has 1 amide bonds. The number of para-hydroxylation sites is 1. The van der Waals surface area contributed by atoms with Gasteiger partial charge in [-0.25, -0.2) is 4.98 Å². The first-order valence-electron chi connectivity index (χ1n) is 11.3. The number of amides is 1. The molecule has 180 valence electrons. The molecule has 5 rings (SSSR count). The number of hydrogen-bond acceptors (Lipinski definition) is 5. The van der Waals surface area contributed by atoms with Crippen LogP contribution in [0.25, 0.3) is 27.0 Å². The highest BCUT2D eigenvalue weighted by Gasteiger charge is 2.21. The largest absolute Gasteiger partial charge is 0.325 e. The van der Waals surface area contributed by atoms with Crippen LogP contribution in [0, 0.1) is 13.8 Å². The predicted octanol–water partition coefficient (Wildman–Crippen LogP) is 7.12. The maximum Gasteiger partial charge on any atom is 0.268 e. The van der Waals surface area contributed by atoms with Crippen LogP contribution in [0.5, 0.6) is 0 Å². The predicted molar refractivity (Wildman–Crippen MR) is 151 cm³/mol. The molecule has 0 aliphatic heterocycles. The molecule has 1 N–H and O–H groups in total. The highest BCUT2D eigenvalue weighted by Crippen LogP contribution is 2.37. The molecular formula is C28H22ClN3O2S2. The Bertz CT molecular complexity index is 1630. The standard InChI is InChI=1S/C28H22ClN3O2S2/c1-17-15-20(29)13-14-22(17)30-23(33)16-35-28-31-26-25(27(34)32(28)21-11-7-4-8-12-21)24(18(2)36-26)19-9-5-3-6-10-19/h3-15H,16H2,1-2H3,(H,30,33). The summed E-state index contributed by atoms with van der Waals surface area (Å²) >= 11 is 8.76. The first-order valence-corrected chi connectivity index (χ1v) is 13.5. The van der Waals surface area contributed by atoms with Gasteiger partial charge in [0.15, 0.2) is 5.16 Å². The molecule has 8 heteroatoms. The summed E-state index contributed by atoms with van der Waals surface area (Å²) in [6.07, 6.45) is 0. The van der Waals surface area contributed by atoms with Crippen molar-refractivity contribution >= 4 is 56.5 Å². The van der Waals surface area contributed by atoms with Crippen molar-refractivity contribution in [2.24, 2.45) is 0 Å². The Morgan fingerprint density at radius 3 is 2.42 bits per heavy atom. The van der Waals surface area contributed by atoms with Gasteiger partial charge in [0.1, 0.15) is 4.83 Å². The second-order valence-corrected chi connectivity index (χ2v) is 10.8. The van der Waals surface area contributed by atoms with Crippen molar-refractivity contribution in [3.63, 3.8) is 0 Å². The van der Waals surface area contributed by atoms with Gasteiger partial charge in [-0.3, -0.25) is 14.2 Å². The molecule has 0 saturated carbocycles. The van der Waals surface area contributed by atoms with E-state index in [1.807, 2.05) is 74.5 Å². The first-order chi connectivity index (χ1) is 17.4. The number of thiophene rings is 1. The Kier molecular flexibility index (Phi) is 6.96. The van der Waals surface area contributed by atoms with Crippen LogP contribution >= 0.6 is 34.7 Å². The Labute approximate surface area is 221 Å². The second-order valence-electron chi connectivity index (χ2n) is 8.25. The zero-order chi connectivity index (χ0) is 25.2. The summed E-state index contributed by atoms with van der Waals surface area (Å²) < 4.78 is 1.60. The van der Waals surface area contributed by atoms with Crippen molar-refractivity contribution in [2.45, 2.75) is 19.0 Å². The van der Waals surface area contributed by atoms with E-state index in [1.165, 1.54) is 23.1 Å². The molecule has 5 nitrogen and oxygen atoms in total. The number of rotatable bonds is 6. The fourth-order valence-electron chi connectivity index (χ4n) is 4.08. The molecule has 0 aliphatic rings. The third-order valence-electron chi connectivity index (χ3n) is 5.74. The van der Waals surface area contributed by atoms with Crippen molar-refractivity contribution in [3.8, 4) is 16.8 Å². The number of halogens is 1. The quantitative estimate of drug-likeness (QED) is 0.187. The van der Waals surface area contributed by atoms with E-state index in [4.69, 9.17) is 16.6 Å². The number of carbonyl (C=O) groups excluding carboxylic acids is 1. The SMILES string of the molecule is Cc1cc(Cl)ccc1NC(=O)CSc1nc2sc(C)c(-c3ccccc3)c2c(=O)n1-c1ccccc1. The number of aromatic nitrogens is 2. The lowest BCUT2D eigenvalue weighted by molar-refractivity contribution is -0.113. The van der Waals surface area contributed by atoms with Gasteiger partial charge in [0.05, 0.1) is 16.8 Å². The van der Waals surface area contributed by atoms with E-state index in [2.05, 4.69) is 5.32 Å². The minimum absolute atomic E-state index is 0.0999. The fourth-order valence-corrected chi connectivity index (χ4v) is 6.21.